The van der Waals surface area contributed by atoms with Gasteiger partial charge in [0.2, 0.25) is 0 Å². The molecule has 0 radical (unpaired) electrons. The number of hydrogen-bond acceptors (Lipinski definition) is 2. The summed E-state index contributed by atoms with van der Waals surface area (Å²) < 4.78 is 13.9. The number of nitrogens with one attached hydrogen (secondary N) is 1. The van der Waals surface area contributed by atoms with Gasteiger partial charge in [0.25, 0.3) is 0 Å². The first-order chi connectivity index (χ1) is 9.32. The highest BCUT2D eigenvalue weighted by atomic mass is 19.1. The van der Waals surface area contributed by atoms with E-state index >= 15 is 0 Å². The van der Waals surface area contributed by atoms with Gasteiger partial charge >= 0.3 is 0 Å². The molecule has 0 aliphatic carbocycles. The Hall–Kier alpha value is -1.09. The molecule has 1 saturated heterocycles. The van der Waals surface area contributed by atoms with Gasteiger partial charge in [-0.05, 0) is 36.5 Å². The standard InChI is InChI=1S/C17H27FN2/c1-6-13-10-19-16(17(3,4)5)11-20(13)14-8-7-12(2)15(18)9-14/h7-9,13,16,19H,6,10-11H2,1-5H3. The minimum Gasteiger partial charge on any atom is -0.366 e. The van der Waals surface area contributed by atoms with Gasteiger partial charge < -0.3 is 10.2 Å². The highest BCUT2D eigenvalue weighted by molar-refractivity contribution is 5.50. The molecule has 1 aromatic rings. The zero-order chi connectivity index (χ0) is 14.9. The SMILES string of the molecule is CCC1CNC(C(C)(C)C)CN1c1ccc(C)c(F)c1. The minimum atomic E-state index is -0.108. The van der Waals surface area contributed by atoms with Crippen molar-refractivity contribution in [3.05, 3.63) is 29.6 Å². The monoisotopic (exact) mass is 278 g/mol. The van der Waals surface area contributed by atoms with Gasteiger partial charge in [-0.15, -0.1) is 0 Å². The molecule has 1 aliphatic heterocycles. The second-order valence-corrected chi connectivity index (χ2v) is 6.97. The average molecular weight is 278 g/mol. The molecule has 0 aromatic heterocycles. The Balaban J connectivity index is 2.27. The molecule has 1 N–H and O–H groups in total. The fourth-order valence-corrected chi connectivity index (χ4v) is 2.82. The summed E-state index contributed by atoms with van der Waals surface area (Å²) in [6.45, 7) is 12.7. The van der Waals surface area contributed by atoms with Gasteiger partial charge in [-0.3, -0.25) is 0 Å². The van der Waals surface area contributed by atoms with Gasteiger partial charge in [-0.2, -0.15) is 0 Å². The number of hydrogen-bond donors (Lipinski definition) is 1. The summed E-state index contributed by atoms with van der Waals surface area (Å²) in [4.78, 5) is 2.37. The molecule has 1 heterocycles. The summed E-state index contributed by atoms with van der Waals surface area (Å²) in [5, 5.41) is 3.65. The molecule has 0 spiro atoms. The van der Waals surface area contributed by atoms with Crippen LogP contribution in [-0.2, 0) is 0 Å². The summed E-state index contributed by atoms with van der Waals surface area (Å²) in [7, 11) is 0. The molecule has 112 valence electrons. The molecule has 2 nitrogen and oxygen atoms in total. The number of benzene rings is 1. The Morgan fingerprint density at radius 1 is 1.35 bits per heavy atom. The Morgan fingerprint density at radius 3 is 2.60 bits per heavy atom. The van der Waals surface area contributed by atoms with E-state index in [9.17, 15) is 4.39 Å². The van der Waals surface area contributed by atoms with Crippen LogP contribution in [0.1, 0.15) is 39.7 Å². The molecule has 2 unspecified atom stereocenters. The zero-order valence-electron chi connectivity index (χ0n) is 13.3. The highest BCUT2D eigenvalue weighted by Gasteiger charge is 2.33. The van der Waals surface area contributed by atoms with Crippen molar-refractivity contribution in [3.63, 3.8) is 0 Å². The fraction of sp³-hybridized carbons (Fsp3) is 0.647. The maximum atomic E-state index is 13.9. The highest BCUT2D eigenvalue weighted by Crippen LogP contribution is 2.29. The third kappa shape index (κ3) is 3.14. The maximum absolute atomic E-state index is 13.9. The van der Waals surface area contributed by atoms with Crippen molar-refractivity contribution in [1.29, 1.82) is 0 Å². The van der Waals surface area contributed by atoms with E-state index in [-0.39, 0.29) is 11.2 Å². The first kappa shape index (κ1) is 15.3. The Morgan fingerprint density at radius 2 is 2.05 bits per heavy atom. The van der Waals surface area contributed by atoms with E-state index < -0.39 is 0 Å². The number of rotatable bonds is 2. The number of nitrogens with zero attached hydrogens (tertiary/aromatic N) is 1. The number of aryl methyl sites for hydroxylation is 1. The van der Waals surface area contributed by atoms with Crippen molar-refractivity contribution in [1.82, 2.24) is 5.32 Å². The quantitative estimate of drug-likeness (QED) is 0.886. The second-order valence-electron chi connectivity index (χ2n) is 6.97. The summed E-state index contributed by atoms with van der Waals surface area (Å²) in [6, 6.07) is 6.48. The summed E-state index contributed by atoms with van der Waals surface area (Å²) in [6.07, 6.45) is 1.07. The van der Waals surface area contributed by atoms with E-state index in [1.807, 2.05) is 19.1 Å². The van der Waals surface area contributed by atoms with Crippen LogP contribution in [0.3, 0.4) is 0 Å². The Bertz CT molecular complexity index is 465. The molecule has 2 atom stereocenters. The van der Waals surface area contributed by atoms with Crippen LogP contribution in [0.4, 0.5) is 10.1 Å². The van der Waals surface area contributed by atoms with Crippen LogP contribution >= 0.6 is 0 Å². The lowest BCUT2D eigenvalue weighted by Crippen LogP contribution is -2.60. The molecular formula is C17H27FN2. The minimum absolute atomic E-state index is 0.108. The van der Waals surface area contributed by atoms with Crippen molar-refractivity contribution in [3.8, 4) is 0 Å². The van der Waals surface area contributed by atoms with Crippen molar-refractivity contribution < 1.29 is 4.39 Å². The molecule has 20 heavy (non-hydrogen) atoms. The molecule has 1 fully saturated rings. The van der Waals surface area contributed by atoms with Gasteiger partial charge in [0.05, 0.1) is 0 Å². The van der Waals surface area contributed by atoms with Crippen molar-refractivity contribution >= 4 is 5.69 Å². The third-order valence-corrected chi connectivity index (χ3v) is 4.42. The van der Waals surface area contributed by atoms with Gasteiger partial charge in [-0.1, -0.05) is 33.8 Å². The lowest BCUT2D eigenvalue weighted by Gasteiger charge is -2.46. The average Bonchev–Trinajstić information content (AvgIpc) is 2.40. The van der Waals surface area contributed by atoms with Gasteiger partial charge in [0, 0.05) is 30.9 Å². The Labute approximate surface area is 122 Å². The van der Waals surface area contributed by atoms with Crippen LogP contribution < -0.4 is 10.2 Å². The largest absolute Gasteiger partial charge is 0.366 e. The molecular weight excluding hydrogens is 251 g/mol. The van der Waals surface area contributed by atoms with Crippen LogP contribution in [0.2, 0.25) is 0 Å². The predicted octanol–water partition coefficient (Wildman–Crippen LogP) is 3.74. The van der Waals surface area contributed by atoms with E-state index in [4.69, 9.17) is 0 Å². The first-order valence-corrected chi connectivity index (χ1v) is 7.59. The van der Waals surface area contributed by atoms with Crippen LogP contribution in [-0.4, -0.2) is 25.2 Å². The van der Waals surface area contributed by atoms with E-state index in [1.54, 1.807) is 6.07 Å². The molecule has 0 saturated carbocycles. The molecule has 0 amide bonds. The van der Waals surface area contributed by atoms with Crippen LogP contribution in [0.25, 0.3) is 0 Å². The number of piperazine rings is 1. The van der Waals surface area contributed by atoms with E-state index in [1.165, 1.54) is 0 Å². The number of halogens is 1. The van der Waals surface area contributed by atoms with Crippen LogP contribution in [0.5, 0.6) is 0 Å². The van der Waals surface area contributed by atoms with E-state index in [0.29, 0.717) is 17.6 Å². The van der Waals surface area contributed by atoms with Crippen molar-refractivity contribution in [2.24, 2.45) is 5.41 Å². The zero-order valence-corrected chi connectivity index (χ0v) is 13.3. The third-order valence-electron chi connectivity index (χ3n) is 4.42. The van der Waals surface area contributed by atoms with Gasteiger partial charge in [0.1, 0.15) is 5.82 Å². The normalized spacial score (nSPS) is 24.0. The first-order valence-electron chi connectivity index (χ1n) is 7.59. The van der Waals surface area contributed by atoms with Crippen molar-refractivity contribution in [2.45, 2.75) is 53.1 Å². The lowest BCUT2D eigenvalue weighted by molar-refractivity contribution is 0.233. The lowest BCUT2D eigenvalue weighted by atomic mass is 9.84. The van der Waals surface area contributed by atoms with Crippen molar-refractivity contribution in [2.75, 3.05) is 18.0 Å². The summed E-state index contributed by atoms with van der Waals surface area (Å²) >= 11 is 0. The smallest absolute Gasteiger partial charge is 0.128 e. The second kappa shape index (κ2) is 5.72. The van der Waals surface area contributed by atoms with E-state index in [0.717, 1.165) is 25.2 Å². The molecule has 1 aromatic carbocycles. The molecule has 1 aliphatic rings. The Kier molecular flexibility index (Phi) is 4.38. The molecule has 2 rings (SSSR count). The molecule has 3 heteroatoms. The van der Waals surface area contributed by atoms with E-state index in [2.05, 4.69) is 37.9 Å². The van der Waals surface area contributed by atoms with Crippen LogP contribution in [0, 0.1) is 18.2 Å². The topological polar surface area (TPSA) is 15.3 Å². The van der Waals surface area contributed by atoms with Gasteiger partial charge in [-0.25, -0.2) is 4.39 Å². The maximum Gasteiger partial charge on any atom is 0.128 e. The summed E-state index contributed by atoms with van der Waals surface area (Å²) in [5.74, 6) is -0.108. The van der Waals surface area contributed by atoms with Crippen LogP contribution in [0.15, 0.2) is 18.2 Å². The summed E-state index contributed by atoms with van der Waals surface area (Å²) in [5.41, 5.74) is 1.93. The van der Waals surface area contributed by atoms with Gasteiger partial charge in [0.15, 0.2) is 0 Å². The number of anilines is 1. The predicted molar refractivity (Wildman–Crippen MR) is 83.8 cm³/mol. The fourth-order valence-electron chi connectivity index (χ4n) is 2.82. The molecule has 0 bridgehead atoms.